The van der Waals surface area contributed by atoms with Crippen molar-refractivity contribution in [2.24, 2.45) is 5.92 Å². The molecule has 1 saturated carbocycles. The molecule has 148 valence electrons. The first-order valence-corrected chi connectivity index (χ1v) is 10.3. The quantitative estimate of drug-likeness (QED) is 0.857. The van der Waals surface area contributed by atoms with E-state index in [4.69, 9.17) is 0 Å². The van der Waals surface area contributed by atoms with Crippen molar-refractivity contribution in [1.82, 2.24) is 15.1 Å². The topological polar surface area (TPSA) is 35.6 Å². The van der Waals surface area contributed by atoms with Crippen LogP contribution in [0.1, 0.15) is 44.1 Å². The van der Waals surface area contributed by atoms with E-state index in [0.29, 0.717) is 24.2 Å². The van der Waals surface area contributed by atoms with Gasteiger partial charge in [-0.1, -0.05) is 0 Å². The third kappa shape index (κ3) is 5.05. The first kappa shape index (κ1) is 18.8. The van der Waals surface area contributed by atoms with Crippen molar-refractivity contribution in [3.8, 4) is 0 Å². The van der Waals surface area contributed by atoms with Crippen LogP contribution in [0.5, 0.6) is 0 Å². The minimum atomic E-state index is -0.510. The van der Waals surface area contributed by atoms with Gasteiger partial charge in [-0.05, 0) is 75.9 Å². The smallest absolute Gasteiger partial charge is 0.224 e. The maximum absolute atomic E-state index is 13.4. The van der Waals surface area contributed by atoms with Gasteiger partial charge in [0.2, 0.25) is 5.91 Å². The van der Waals surface area contributed by atoms with E-state index < -0.39 is 11.6 Å². The van der Waals surface area contributed by atoms with Gasteiger partial charge in [-0.15, -0.1) is 0 Å². The molecule has 4 rings (SSSR count). The van der Waals surface area contributed by atoms with E-state index in [-0.39, 0.29) is 11.8 Å². The summed E-state index contributed by atoms with van der Waals surface area (Å²) in [6.07, 6.45) is 6.46. The van der Waals surface area contributed by atoms with E-state index >= 15 is 0 Å². The van der Waals surface area contributed by atoms with Gasteiger partial charge in [0.1, 0.15) is 11.6 Å². The number of carbonyl (C=O) groups excluding carboxylic acids is 1. The largest absolute Gasteiger partial charge is 0.353 e. The first-order chi connectivity index (χ1) is 13.1. The molecule has 2 heterocycles. The standard InChI is InChI=1S/C21H29F2N3O/c22-17-10-15(11-18(23)12-17)13-25-8-5-20(6-9-25)26-7-1-2-16(14-26)21(27)24-19-3-4-19/h10-12,16,19-20H,1-9,13-14H2,(H,24,27). The lowest BCUT2D eigenvalue weighted by atomic mass is 9.93. The number of likely N-dealkylation sites (tertiary alicyclic amines) is 2. The molecule has 27 heavy (non-hydrogen) atoms. The van der Waals surface area contributed by atoms with E-state index in [1.807, 2.05) is 0 Å². The second-order valence-corrected chi connectivity index (χ2v) is 8.40. The SMILES string of the molecule is O=C(NC1CC1)C1CCCN(C2CCN(Cc3cc(F)cc(F)c3)CC2)C1. The third-order valence-electron chi connectivity index (χ3n) is 6.15. The van der Waals surface area contributed by atoms with Gasteiger partial charge in [-0.25, -0.2) is 8.78 Å². The Kier molecular flexibility index (Phi) is 5.74. The van der Waals surface area contributed by atoms with Gasteiger partial charge in [0.25, 0.3) is 0 Å². The summed E-state index contributed by atoms with van der Waals surface area (Å²) in [5.74, 6) is -0.646. The summed E-state index contributed by atoms with van der Waals surface area (Å²) in [6.45, 7) is 4.40. The molecule has 1 amide bonds. The fourth-order valence-electron chi connectivity index (χ4n) is 4.50. The number of nitrogens with zero attached hydrogens (tertiary/aromatic N) is 2. The molecule has 1 aliphatic carbocycles. The van der Waals surface area contributed by atoms with E-state index in [1.165, 1.54) is 12.1 Å². The lowest BCUT2D eigenvalue weighted by Crippen LogP contribution is -2.50. The fraction of sp³-hybridized carbons (Fsp3) is 0.667. The molecular formula is C21H29F2N3O. The van der Waals surface area contributed by atoms with Gasteiger partial charge in [0.05, 0.1) is 5.92 Å². The normalized spacial score (nSPS) is 25.5. The summed E-state index contributed by atoms with van der Waals surface area (Å²) in [7, 11) is 0. The second kappa shape index (κ2) is 8.23. The number of hydrogen-bond donors (Lipinski definition) is 1. The van der Waals surface area contributed by atoms with Gasteiger partial charge in [0.15, 0.2) is 0 Å². The average Bonchev–Trinajstić information content (AvgIpc) is 3.45. The van der Waals surface area contributed by atoms with Gasteiger partial charge >= 0.3 is 0 Å². The van der Waals surface area contributed by atoms with Crippen molar-refractivity contribution in [3.05, 3.63) is 35.4 Å². The lowest BCUT2D eigenvalue weighted by Gasteiger charge is -2.42. The average molecular weight is 377 g/mol. The van der Waals surface area contributed by atoms with E-state index in [9.17, 15) is 13.6 Å². The monoisotopic (exact) mass is 377 g/mol. The maximum atomic E-state index is 13.4. The Morgan fingerprint density at radius 2 is 1.70 bits per heavy atom. The van der Waals surface area contributed by atoms with Crippen LogP contribution in [0, 0.1) is 17.6 Å². The highest BCUT2D eigenvalue weighted by molar-refractivity contribution is 5.79. The highest BCUT2D eigenvalue weighted by atomic mass is 19.1. The zero-order valence-electron chi connectivity index (χ0n) is 15.8. The van der Waals surface area contributed by atoms with Crippen LogP contribution >= 0.6 is 0 Å². The highest BCUT2D eigenvalue weighted by Gasteiger charge is 2.33. The van der Waals surface area contributed by atoms with Crippen LogP contribution in [0.3, 0.4) is 0 Å². The maximum Gasteiger partial charge on any atom is 0.224 e. The first-order valence-electron chi connectivity index (χ1n) is 10.3. The summed E-state index contributed by atoms with van der Waals surface area (Å²) < 4.78 is 26.7. The molecule has 0 radical (unpaired) electrons. The van der Waals surface area contributed by atoms with E-state index in [0.717, 1.165) is 70.8 Å². The van der Waals surface area contributed by atoms with Crippen molar-refractivity contribution in [1.29, 1.82) is 0 Å². The Bertz CT molecular complexity index is 651. The number of benzene rings is 1. The van der Waals surface area contributed by atoms with Crippen LogP contribution in [0.25, 0.3) is 0 Å². The van der Waals surface area contributed by atoms with Gasteiger partial charge in [-0.3, -0.25) is 14.6 Å². The number of piperidine rings is 2. The van der Waals surface area contributed by atoms with Crippen LogP contribution in [-0.2, 0) is 11.3 Å². The predicted molar refractivity (Wildman–Crippen MR) is 100 cm³/mol. The van der Waals surface area contributed by atoms with Gasteiger partial charge in [-0.2, -0.15) is 0 Å². The summed E-state index contributed by atoms with van der Waals surface area (Å²) >= 11 is 0. The molecule has 0 aromatic heterocycles. The van der Waals surface area contributed by atoms with Gasteiger partial charge < -0.3 is 5.32 Å². The molecule has 1 N–H and O–H groups in total. The Morgan fingerprint density at radius 1 is 1.00 bits per heavy atom. The number of amides is 1. The molecule has 4 nitrogen and oxygen atoms in total. The summed E-state index contributed by atoms with van der Waals surface area (Å²) in [6, 6.07) is 4.71. The Balaban J connectivity index is 1.26. The van der Waals surface area contributed by atoms with Crippen molar-refractivity contribution >= 4 is 5.91 Å². The third-order valence-corrected chi connectivity index (χ3v) is 6.15. The summed E-state index contributed by atoms with van der Waals surface area (Å²) in [5.41, 5.74) is 0.695. The predicted octanol–water partition coefficient (Wildman–Crippen LogP) is 2.92. The zero-order valence-corrected chi connectivity index (χ0v) is 15.8. The van der Waals surface area contributed by atoms with Crippen LogP contribution in [-0.4, -0.2) is 54.0 Å². The molecule has 0 bridgehead atoms. The van der Waals surface area contributed by atoms with Crippen molar-refractivity contribution < 1.29 is 13.6 Å². The number of carbonyl (C=O) groups is 1. The number of halogens is 2. The molecule has 2 saturated heterocycles. The molecule has 1 aromatic carbocycles. The minimum Gasteiger partial charge on any atom is -0.353 e. The van der Waals surface area contributed by atoms with Crippen molar-refractivity contribution in [3.63, 3.8) is 0 Å². The van der Waals surface area contributed by atoms with Crippen molar-refractivity contribution in [2.45, 2.75) is 57.2 Å². The van der Waals surface area contributed by atoms with Crippen LogP contribution in [0.15, 0.2) is 18.2 Å². The Hall–Kier alpha value is -1.53. The zero-order chi connectivity index (χ0) is 18.8. The molecule has 3 fully saturated rings. The Labute approximate surface area is 159 Å². The molecule has 1 atom stereocenters. The Morgan fingerprint density at radius 3 is 2.37 bits per heavy atom. The fourth-order valence-corrected chi connectivity index (χ4v) is 4.50. The lowest BCUT2D eigenvalue weighted by molar-refractivity contribution is -0.127. The molecule has 2 aliphatic heterocycles. The van der Waals surface area contributed by atoms with E-state index in [2.05, 4.69) is 15.1 Å². The molecule has 1 unspecified atom stereocenters. The van der Waals surface area contributed by atoms with Crippen LogP contribution < -0.4 is 5.32 Å². The number of hydrogen-bond acceptors (Lipinski definition) is 3. The molecular weight excluding hydrogens is 348 g/mol. The molecule has 3 aliphatic rings. The highest BCUT2D eigenvalue weighted by Crippen LogP contribution is 2.26. The van der Waals surface area contributed by atoms with Crippen LogP contribution in [0.2, 0.25) is 0 Å². The summed E-state index contributed by atoms with van der Waals surface area (Å²) in [4.78, 5) is 17.1. The van der Waals surface area contributed by atoms with Crippen molar-refractivity contribution in [2.75, 3.05) is 26.2 Å². The molecule has 6 heteroatoms. The minimum absolute atomic E-state index is 0.132. The number of nitrogens with one attached hydrogen (secondary N) is 1. The second-order valence-electron chi connectivity index (χ2n) is 8.40. The molecule has 0 spiro atoms. The van der Waals surface area contributed by atoms with Gasteiger partial charge in [0, 0.05) is 31.2 Å². The van der Waals surface area contributed by atoms with Crippen LogP contribution in [0.4, 0.5) is 8.78 Å². The molecule has 1 aromatic rings. The number of rotatable bonds is 5. The van der Waals surface area contributed by atoms with E-state index in [1.54, 1.807) is 0 Å². The summed E-state index contributed by atoms with van der Waals surface area (Å²) in [5, 5.41) is 3.16.